The molecule has 24 heavy (non-hydrogen) atoms. The zero-order valence-corrected chi connectivity index (χ0v) is 16.0. The Kier molecular flexibility index (Phi) is 4.71. The van der Waals surface area contributed by atoms with Crippen LogP contribution in [0, 0.1) is 16.7 Å². The molecule has 4 heteroatoms. The number of amides is 2. The van der Waals surface area contributed by atoms with Gasteiger partial charge in [-0.05, 0) is 55.8 Å². The Bertz CT molecular complexity index is 507. The molecule has 4 nitrogen and oxygen atoms in total. The van der Waals surface area contributed by atoms with Crippen LogP contribution in [0.15, 0.2) is 12.2 Å². The molecule has 2 amide bonds. The van der Waals surface area contributed by atoms with Gasteiger partial charge >= 0.3 is 6.03 Å². The number of rotatable bonds is 4. The molecule has 3 fully saturated rings. The van der Waals surface area contributed by atoms with Gasteiger partial charge in [-0.1, -0.05) is 32.9 Å². The van der Waals surface area contributed by atoms with Gasteiger partial charge in [0.1, 0.15) is 0 Å². The second-order valence-electron chi connectivity index (χ2n) is 9.29. The van der Waals surface area contributed by atoms with Crippen LogP contribution in [-0.2, 0) is 0 Å². The van der Waals surface area contributed by atoms with Crippen LogP contribution in [0.1, 0.15) is 59.8 Å². The number of fused-ring (bicyclic) bond motifs is 2. The van der Waals surface area contributed by atoms with E-state index in [1.54, 1.807) is 0 Å². The fourth-order valence-electron chi connectivity index (χ4n) is 5.42. The molecule has 0 spiro atoms. The largest absolute Gasteiger partial charge is 0.335 e. The number of urea groups is 1. The van der Waals surface area contributed by atoms with Crippen LogP contribution in [0.3, 0.4) is 0 Å². The van der Waals surface area contributed by atoms with Crippen molar-refractivity contribution < 1.29 is 4.79 Å². The molecule has 3 aliphatic rings. The van der Waals surface area contributed by atoms with Crippen LogP contribution in [0.4, 0.5) is 4.79 Å². The smallest absolute Gasteiger partial charge is 0.315 e. The molecule has 0 unspecified atom stereocenters. The third-order valence-corrected chi connectivity index (χ3v) is 7.52. The van der Waals surface area contributed by atoms with Crippen molar-refractivity contribution in [2.24, 2.45) is 16.7 Å². The molecule has 1 heterocycles. The van der Waals surface area contributed by atoms with Crippen LogP contribution < -0.4 is 10.6 Å². The monoisotopic (exact) mass is 333 g/mol. The predicted octanol–water partition coefficient (Wildman–Crippen LogP) is 3.54. The average molecular weight is 334 g/mol. The quantitative estimate of drug-likeness (QED) is 0.773. The molecule has 136 valence electrons. The van der Waals surface area contributed by atoms with Gasteiger partial charge in [-0.25, -0.2) is 4.79 Å². The van der Waals surface area contributed by atoms with Crippen molar-refractivity contribution in [1.29, 1.82) is 0 Å². The topological polar surface area (TPSA) is 44.4 Å². The molecule has 3 atom stereocenters. The summed E-state index contributed by atoms with van der Waals surface area (Å²) >= 11 is 0. The van der Waals surface area contributed by atoms with Gasteiger partial charge in [0.05, 0.1) is 0 Å². The fraction of sp³-hybridized carbons (Fsp3) is 0.850. The Morgan fingerprint density at radius 1 is 1.17 bits per heavy atom. The lowest BCUT2D eigenvalue weighted by Crippen LogP contribution is -2.53. The van der Waals surface area contributed by atoms with Crippen LogP contribution in [-0.4, -0.2) is 42.6 Å². The van der Waals surface area contributed by atoms with E-state index in [0.717, 1.165) is 44.8 Å². The minimum Gasteiger partial charge on any atom is -0.335 e. The molecular weight excluding hydrogens is 298 g/mol. The van der Waals surface area contributed by atoms with Crippen molar-refractivity contribution in [2.45, 2.75) is 71.9 Å². The Hall–Kier alpha value is -1.03. The first kappa shape index (κ1) is 17.8. The van der Waals surface area contributed by atoms with E-state index in [0.29, 0.717) is 17.5 Å². The highest BCUT2D eigenvalue weighted by Crippen LogP contribution is 2.65. The molecule has 3 rings (SSSR count). The van der Waals surface area contributed by atoms with Crippen LogP contribution in [0.2, 0.25) is 0 Å². The molecule has 0 aromatic carbocycles. The summed E-state index contributed by atoms with van der Waals surface area (Å²) in [7, 11) is 0. The summed E-state index contributed by atoms with van der Waals surface area (Å²) in [4.78, 5) is 14.9. The molecule has 1 aliphatic heterocycles. The minimum absolute atomic E-state index is 0.0444. The number of carbonyl (C=O) groups is 1. The minimum atomic E-state index is 0.0444. The molecule has 0 aromatic rings. The highest BCUT2D eigenvalue weighted by Gasteiger charge is 2.61. The van der Waals surface area contributed by atoms with Crippen LogP contribution >= 0.6 is 0 Å². The van der Waals surface area contributed by atoms with E-state index in [2.05, 4.69) is 49.8 Å². The lowest BCUT2D eigenvalue weighted by Gasteiger charge is -2.40. The molecule has 0 radical (unpaired) electrons. The van der Waals surface area contributed by atoms with Crippen LogP contribution in [0.25, 0.3) is 0 Å². The van der Waals surface area contributed by atoms with E-state index in [1.807, 2.05) is 0 Å². The second kappa shape index (κ2) is 6.36. The first-order chi connectivity index (χ1) is 11.2. The standard InChI is InChI=1S/C20H35N3O/c1-14(2)13-23-10-7-16(8-11-23)21-18(24)22-17-12-15-6-9-20(17,5)19(15,3)4/h15-17H,1,6-13H2,2-5H3,(H2,21,22,24)/t15-,17-,20-/m1/s1. The first-order valence-electron chi connectivity index (χ1n) is 9.66. The van der Waals surface area contributed by atoms with E-state index >= 15 is 0 Å². The van der Waals surface area contributed by atoms with Crippen molar-refractivity contribution in [2.75, 3.05) is 19.6 Å². The normalized spacial score (nSPS) is 35.8. The van der Waals surface area contributed by atoms with Crippen LogP contribution in [0.5, 0.6) is 0 Å². The number of piperidine rings is 1. The summed E-state index contributed by atoms with van der Waals surface area (Å²) in [6, 6.07) is 0.684. The maximum atomic E-state index is 12.5. The molecular formula is C20H35N3O. The maximum Gasteiger partial charge on any atom is 0.315 e. The molecule has 0 aromatic heterocycles. The summed E-state index contributed by atoms with van der Waals surface area (Å²) in [6.07, 6.45) is 5.79. The Morgan fingerprint density at radius 2 is 1.83 bits per heavy atom. The molecule has 2 bridgehead atoms. The van der Waals surface area contributed by atoms with Crippen molar-refractivity contribution in [3.8, 4) is 0 Å². The summed E-state index contributed by atoms with van der Waals surface area (Å²) in [6.45, 7) is 16.3. The van der Waals surface area contributed by atoms with Gasteiger partial charge < -0.3 is 10.6 Å². The van der Waals surface area contributed by atoms with Gasteiger partial charge in [-0.3, -0.25) is 4.90 Å². The SMILES string of the molecule is C=C(C)CN1CCC(NC(=O)N[C@@H]2C[C@H]3CC[C@@]2(C)C3(C)C)CC1. The second-order valence-corrected chi connectivity index (χ2v) is 9.29. The van der Waals surface area contributed by atoms with E-state index in [9.17, 15) is 4.79 Å². The fourth-order valence-corrected chi connectivity index (χ4v) is 5.42. The summed E-state index contributed by atoms with van der Waals surface area (Å²) in [5.41, 5.74) is 1.81. The maximum absolute atomic E-state index is 12.5. The molecule has 2 N–H and O–H groups in total. The van der Waals surface area contributed by atoms with E-state index < -0.39 is 0 Å². The summed E-state index contributed by atoms with van der Waals surface area (Å²) in [5.74, 6) is 0.762. The molecule has 2 saturated carbocycles. The zero-order chi connectivity index (χ0) is 17.5. The number of nitrogens with zero attached hydrogens (tertiary/aromatic N) is 1. The van der Waals surface area contributed by atoms with Gasteiger partial charge in [-0.15, -0.1) is 0 Å². The third kappa shape index (κ3) is 3.10. The van der Waals surface area contributed by atoms with Crippen molar-refractivity contribution >= 4 is 6.03 Å². The third-order valence-electron chi connectivity index (χ3n) is 7.52. The van der Waals surface area contributed by atoms with E-state index in [-0.39, 0.29) is 11.4 Å². The zero-order valence-electron chi connectivity index (χ0n) is 16.0. The summed E-state index contributed by atoms with van der Waals surface area (Å²) in [5, 5.41) is 6.54. The Labute approximate surface area is 147 Å². The number of likely N-dealkylation sites (tertiary alicyclic amines) is 1. The van der Waals surface area contributed by atoms with Gasteiger partial charge in [0.2, 0.25) is 0 Å². The number of nitrogens with one attached hydrogen (secondary N) is 2. The lowest BCUT2D eigenvalue weighted by molar-refractivity contribution is 0.122. The molecule has 2 aliphatic carbocycles. The van der Waals surface area contributed by atoms with Crippen molar-refractivity contribution in [3.63, 3.8) is 0 Å². The molecule has 1 saturated heterocycles. The van der Waals surface area contributed by atoms with Crippen molar-refractivity contribution in [3.05, 3.63) is 12.2 Å². The average Bonchev–Trinajstić information content (AvgIpc) is 2.82. The Balaban J connectivity index is 1.47. The van der Waals surface area contributed by atoms with Gasteiger partial charge in [-0.2, -0.15) is 0 Å². The number of carbonyl (C=O) groups excluding carboxylic acids is 1. The highest BCUT2D eigenvalue weighted by atomic mass is 16.2. The predicted molar refractivity (Wildman–Crippen MR) is 99.0 cm³/mol. The van der Waals surface area contributed by atoms with E-state index in [1.165, 1.54) is 18.4 Å². The van der Waals surface area contributed by atoms with Crippen molar-refractivity contribution in [1.82, 2.24) is 15.5 Å². The first-order valence-corrected chi connectivity index (χ1v) is 9.66. The Morgan fingerprint density at radius 3 is 2.33 bits per heavy atom. The number of hydrogen-bond acceptors (Lipinski definition) is 2. The number of hydrogen-bond donors (Lipinski definition) is 2. The lowest BCUT2D eigenvalue weighted by atomic mass is 9.69. The highest BCUT2D eigenvalue weighted by molar-refractivity contribution is 5.74. The van der Waals surface area contributed by atoms with E-state index in [4.69, 9.17) is 0 Å². The summed E-state index contributed by atoms with van der Waals surface area (Å²) < 4.78 is 0. The van der Waals surface area contributed by atoms with Gasteiger partial charge in [0.25, 0.3) is 0 Å². The van der Waals surface area contributed by atoms with Gasteiger partial charge in [0, 0.05) is 31.7 Å². The van der Waals surface area contributed by atoms with Gasteiger partial charge in [0.15, 0.2) is 0 Å².